The second kappa shape index (κ2) is 6.52. The number of nitro benzene ring substituents is 1. The number of non-ortho nitro benzene ring substituents is 1. The van der Waals surface area contributed by atoms with Crippen molar-refractivity contribution in [3.8, 4) is 0 Å². The van der Waals surface area contributed by atoms with Gasteiger partial charge in [0.15, 0.2) is 5.11 Å². The zero-order valence-electron chi connectivity index (χ0n) is 12.1. The SMILES string of the molecule is CCOC(=O)C1=C(C)NC(=S)N[C@@H]1c1ccc([N+](=O)[O-])cc1. The van der Waals surface area contributed by atoms with E-state index in [9.17, 15) is 14.9 Å². The zero-order valence-corrected chi connectivity index (χ0v) is 12.9. The fourth-order valence-corrected chi connectivity index (χ4v) is 2.48. The number of benzene rings is 1. The van der Waals surface area contributed by atoms with Gasteiger partial charge in [-0.2, -0.15) is 0 Å². The molecule has 2 rings (SSSR count). The molecule has 22 heavy (non-hydrogen) atoms. The van der Waals surface area contributed by atoms with Crippen LogP contribution in [0.25, 0.3) is 0 Å². The molecular formula is C14H15N3O4S. The summed E-state index contributed by atoms with van der Waals surface area (Å²) < 4.78 is 5.07. The first kappa shape index (κ1) is 15.9. The van der Waals surface area contributed by atoms with E-state index in [-0.39, 0.29) is 12.3 Å². The van der Waals surface area contributed by atoms with Crippen LogP contribution in [0, 0.1) is 10.1 Å². The van der Waals surface area contributed by atoms with E-state index in [1.54, 1.807) is 26.0 Å². The topological polar surface area (TPSA) is 93.5 Å². The van der Waals surface area contributed by atoms with Crippen molar-refractivity contribution in [2.45, 2.75) is 19.9 Å². The van der Waals surface area contributed by atoms with E-state index < -0.39 is 16.9 Å². The van der Waals surface area contributed by atoms with Gasteiger partial charge >= 0.3 is 5.97 Å². The third-order valence-corrected chi connectivity index (χ3v) is 3.42. The van der Waals surface area contributed by atoms with Crippen molar-refractivity contribution in [3.63, 3.8) is 0 Å². The molecule has 7 nitrogen and oxygen atoms in total. The van der Waals surface area contributed by atoms with Gasteiger partial charge in [0.1, 0.15) is 0 Å². The van der Waals surface area contributed by atoms with Crippen molar-refractivity contribution in [2.24, 2.45) is 0 Å². The summed E-state index contributed by atoms with van der Waals surface area (Å²) >= 11 is 5.11. The smallest absolute Gasteiger partial charge is 0.338 e. The van der Waals surface area contributed by atoms with E-state index in [2.05, 4.69) is 10.6 Å². The van der Waals surface area contributed by atoms with Crippen LogP contribution in [0.3, 0.4) is 0 Å². The van der Waals surface area contributed by atoms with Gasteiger partial charge in [0, 0.05) is 17.8 Å². The molecule has 0 saturated heterocycles. The van der Waals surface area contributed by atoms with Crippen molar-refractivity contribution in [2.75, 3.05) is 6.61 Å². The Kier molecular flexibility index (Phi) is 4.71. The molecule has 116 valence electrons. The highest BCUT2D eigenvalue weighted by atomic mass is 32.1. The summed E-state index contributed by atoms with van der Waals surface area (Å²) in [6, 6.07) is 5.46. The maximum Gasteiger partial charge on any atom is 0.338 e. The number of carbonyl (C=O) groups is 1. The van der Waals surface area contributed by atoms with E-state index in [0.29, 0.717) is 21.9 Å². The largest absolute Gasteiger partial charge is 0.463 e. The molecule has 1 aromatic rings. The molecule has 1 aliphatic heterocycles. The number of nitrogens with one attached hydrogen (secondary N) is 2. The van der Waals surface area contributed by atoms with Crippen molar-refractivity contribution in [1.29, 1.82) is 0 Å². The Morgan fingerprint density at radius 3 is 2.59 bits per heavy atom. The first-order chi connectivity index (χ1) is 10.4. The van der Waals surface area contributed by atoms with Gasteiger partial charge < -0.3 is 15.4 Å². The van der Waals surface area contributed by atoms with Crippen LogP contribution in [0.5, 0.6) is 0 Å². The Hall–Kier alpha value is -2.48. The van der Waals surface area contributed by atoms with Gasteiger partial charge in [0.25, 0.3) is 5.69 Å². The predicted octanol–water partition coefficient (Wildman–Crippen LogP) is 1.95. The van der Waals surface area contributed by atoms with Gasteiger partial charge in [0.05, 0.1) is 23.1 Å². The third kappa shape index (κ3) is 3.22. The van der Waals surface area contributed by atoms with E-state index in [1.807, 2.05) is 0 Å². The molecule has 0 saturated carbocycles. The minimum absolute atomic E-state index is 0.0151. The number of nitro groups is 1. The molecule has 8 heteroatoms. The van der Waals surface area contributed by atoms with Crippen LogP contribution < -0.4 is 10.6 Å². The van der Waals surface area contributed by atoms with Crippen LogP contribution >= 0.6 is 12.2 Å². The fourth-order valence-electron chi connectivity index (χ4n) is 2.21. The summed E-state index contributed by atoms with van der Waals surface area (Å²) in [4.78, 5) is 22.4. The van der Waals surface area contributed by atoms with Crippen LogP contribution in [0.1, 0.15) is 25.5 Å². The molecule has 0 fully saturated rings. The maximum atomic E-state index is 12.2. The molecule has 1 heterocycles. The molecule has 0 unspecified atom stereocenters. The minimum atomic E-state index is -0.506. The lowest BCUT2D eigenvalue weighted by molar-refractivity contribution is -0.384. The molecule has 1 aliphatic rings. The Morgan fingerprint density at radius 1 is 1.41 bits per heavy atom. The number of hydrogen-bond acceptors (Lipinski definition) is 5. The standard InChI is InChI=1S/C14H15N3O4S/c1-3-21-13(18)11-8(2)15-14(22)16-12(11)9-4-6-10(7-5-9)17(19)20/h4-7,12H,3H2,1-2H3,(H2,15,16,22)/t12-/m1/s1. The van der Waals surface area contributed by atoms with Crippen LogP contribution in [-0.2, 0) is 9.53 Å². The molecule has 0 radical (unpaired) electrons. The van der Waals surface area contributed by atoms with Gasteiger partial charge in [-0.05, 0) is 43.8 Å². The monoisotopic (exact) mass is 321 g/mol. The predicted molar refractivity (Wildman–Crippen MR) is 84.0 cm³/mol. The summed E-state index contributed by atoms with van der Waals surface area (Å²) in [6.45, 7) is 3.72. The molecule has 2 N–H and O–H groups in total. The van der Waals surface area contributed by atoms with Gasteiger partial charge in [-0.1, -0.05) is 0 Å². The van der Waals surface area contributed by atoms with E-state index in [1.165, 1.54) is 12.1 Å². The molecular weight excluding hydrogens is 306 g/mol. The zero-order chi connectivity index (χ0) is 16.3. The van der Waals surface area contributed by atoms with Gasteiger partial charge in [-0.3, -0.25) is 10.1 Å². The Bertz CT molecular complexity index is 655. The van der Waals surface area contributed by atoms with Crippen molar-refractivity contribution in [3.05, 3.63) is 51.2 Å². The van der Waals surface area contributed by atoms with Gasteiger partial charge in [-0.25, -0.2) is 4.79 Å². The number of hydrogen-bond donors (Lipinski definition) is 2. The van der Waals surface area contributed by atoms with Gasteiger partial charge in [-0.15, -0.1) is 0 Å². The highest BCUT2D eigenvalue weighted by molar-refractivity contribution is 7.80. The minimum Gasteiger partial charge on any atom is -0.463 e. The molecule has 1 atom stereocenters. The highest BCUT2D eigenvalue weighted by Gasteiger charge is 2.30. The quantitative estimate of drug-likeness (QED) is 0.379. The van der Waals surface area contributed by atoms with Crippen molar-refractivity contribution < 1.29 is 14.5 Å². The molecule has 0 aromatic heterocycles. The third-order valence-electron chi connectivity index (χ3n) is 3.20. The average molecular weight is 321 g/mol. The van der Waals surface area contributed by atoms with Crippen molar-refractivity contribution in [1.82, 2.24) is 10.6 Å². The Balaban J connectivity index is 2.40. The van der Waals surface area contributed by atoms with E-state index in [4.69, 9.17) is 17.0 Å². The van der Waals surface area contributed by atoms with E-state index in [0.717, 1.165) is 0 Å². The normalized spacial score (nSPS) is 17.5. The molecule has 0 aliphatic carbocycles. The van der Waals surface area contributed by atoms with Crippen LogP contribution in [0.15, 0.2) is 35.5 Å². The summed E-state index contributed by atoms with van der Waals surface area (Å²) in [5.74, 6) is -0.453. The van der Waals surface area contributed by atoms with Crippen molar-refractivity contribution >= 4 is 29.0 Å². The first-order valence-electron chi connectivity index (χ1n) is 6.63. The fraction of sp³-hybridized carbons (Fsp3) is 0.286. The van der Waals surface area contributed by atoms with Gasteiger partial charge in [0.2, 0.25) is 0 Å². The maximum absolute atomic E-state index is 12.2. The number of allylic oxidation sites excluding steroid dienone is 1. The van der Waals surface area contributed by atoms with Crippen LogP contribution in [-0.4, -0.2) is 22.6 Å². The van der Waals surface area contributed by atoms with Crippen LogP contribution in [0.2, 0.25) is 0 Å². The first-order valence-corrected chi connectivity index (χ1v) is 7.04. The summed E-state index contributed by atoms with van der Waals surface area (Å²) in [5, 5.41) is 17.0. The summed E-state index contributed by atoms with van der Waals surface area (Å²) in [6.07, 6.45) is 0. The second-order valence-electron chi connectivity index (χ2n) is 4.64. The molecule has 0 amide bonds. The number of rotatable bonds is 4. The summed E-state index contributed by atoms with van der Waals surface area (Å²) in [7, 11) is 0. The lowest BCUT2D eigenvalue weighted by atomic mass is 9.95. The van der Waals surface area contributed by atoms with E-state index >= 15 is 0 Å². The Morgan fingerprint density at radius 2 is 2.05 bits per heavy atom. The Labute approximate surface area is 132 Å². The average Bonchev–Trinajstić information content (AvgIpc) is 2.46. The number of thiocarbonyl (C=S) groups is 1. The number of esters is 1. The lowest BCUT2D eigenvalue weighted by Crippen LogP contribution is -2.45. The molecule has 1 aromatic carbocycles. The molecule has 0 spiro atoms. The second-order valence-corrected chi connectivity index (χ2v) is 5.05. The van der Waals surface area contributed by atoms with Crippen LogP contribution in [0.4, 0.5) is 5.69 Å². The number of nitrogens with zero attached hydrogens (tertiary/aromatic N) is 1. The lowest BCUT2D eigenvalue weighted by Gasteiger charge is -2.29. The number of ether oxygens (including phenoxy) is 1. The molecule has 0 bridgehead atoms. The number of carbonyl (C=O) groups excluding carboxylic acids is 1. The summed E-state index contributed by atoms with van der Waals surface area (Å²) in [5.41, 5.74) is 1.69. The highest BCUT2D eigenvalue weighted by Crippen LogP contribution is 2.28.